The van der Waals surface area contributed by atoms with E-state index < -0.39 is 19.1 Å². The molecule has 0 rings (SSSR count). The van der Waals surface area contributed by atoms with Crippen LogP contribution in [0.4, 0.5) is 0 Å². The van der Waals surface area contributed by atoms with E-state index in [-0.39, 0.29) is 0 Å². The fourth-order valence-corrected chi connectivity index (χ4v) is 0. The zero-order valence-corrected chi connectivity index (χ0v) is 7.01. The second kappa shape index (κ2) is 21.2. The molecule has 0 radical (unpaired) electrons. The van der Waals surface area contributed by atoms with Gasteiger partial charge in [-0.25, -0.2) is 0 Å². The van der Waals surface area contributed by atoms with Gasteiger partial charge in [0.25, 0.3) is 0 Å². The third-order valence-corrected chi connectivity index (χ3v) is 0. The zero-order valence-electron chi connectivity index (χ0n) is 2.69. The van der Waals surface area contributed by atoms with Crippen molar-refractivity contribution in [3.05, 3.63) is 0 Å². The van der Waals surface area contributed by atoms with Crippen LogP contribution in [0, 0.1) is 0 Å². The van der Waals surface area contributed by atoms with E-state index in [1.807, 2.05) is 0 Å². The van der Waals surface area contributed by atoms with Crippen molar-refractivity contribution in [2.24, 2.45) is 0 Å². The summed E-state index contributed by atoms with van der Waals surface area (Å²) in [5.74, 6) is 0. The molecule has 0 atom stereocenters. The standard InChI is InChI=1S/ClH3Si.2O.Ti/c1-2;;;/h2H3;;;. The van der Waals surface area contributed by atoms with Crippen LogP contribution in [-0.2, 0) is 25.7 Å². The fourth-order valence-electron chi connectivity index (χ4n) is 0. The third kappa shape index (κ3) is 56.9. The molecule has 0 N–H and O–H groups in total. The topological polar surface area (TPSA) is 34.1 Å². The Kier molecular flexibility index (Phi) is 39.3. The normalized spacial score (nSPS) is 3.40. The summed E-state index contributed by atoms with van der Waals surface area (Å²) in [5.41, 5.74) is 0. The SMILES string of the molecule is [O]=[Ti]=[O].[SiH3]Cl. The van der Waals surface area contributed by atoms with Gasteiger partial charge in [0, 0.05) is 0 Å². The van der Waals surface area contributed by atoms with Crippen molar-refractivity contribution in [2.45, 2.75) is 0 Å². The Morgan fingerprint density at radius 1 is 1.40 bits per heavy atom. The van der Waals surface area contributed by atoms with E-state index >= 15 is 0 Å². The van der Waals surface area contributed by atoms with Crippen molar-refractivity contribution < 1.29 is 25.7 Å². The first-order chi connectivity index (χ1) is 2.41. The maximum absolute atomic E-state index is 8.50. The molecule has 0 aromatic rings. The van der Waals surface area contributed by atoms with E-state index in [9.17, 15) is 0 Å². The van der Waals surface area contributed by atoms with Gasteiger partial charge in [0.1, 0.15) is 9.55 Å². The predicted octanol–water partition coefficient (Wildman–Crippen LogP) is -0.734. The molecule has 0 aliphatic heterocycles. The van der Waals surface area contributed by atoms with Crippen LogP contribution in [-0.4, -0.2) is 9.55 Å². The van der Waals surface area contributed by atoms with Gasteiger partial charge in [-0.1, -0.05) is 0 Å². The van der Waals surface area contributed by atoms with Gasteiger partial charge in [-0.3, -0.25) is 0 Å². The Morgan fingerprint density at radius 3 is 1.40 bits per heavy atom. The summed E-state index contributed by atoms with van der Waals surface area (Å²) in [4.78, 5) is 0. The fraction of sp³-hybridized carbons (Fsp3) is 0. The van der Waals surface area contributed by atoms with Crippen molar-refractivity contribution in [2.75, 3.05) is 0 Å². The third-order valence-electron chi connectivity index (χ3n) is 0. The van der Waals surface area contributed by atoms with Gasteiger partial charge in [-0.15, -0.1) is 0 Å². The Labute approximate surface area is 46.6 Å². The number of rotatable bonds is 0. The van der Waals surface area contributed by atoms with Crippen molar-refractivity contribution in [1.82, 2.24) is 0 Å². The van der Waals surface area contributed by atoms with Crippen molar-refractivity contribution in [3.8, 4) is 0 Å². The van der Waals surface area contributed by atoms with E-state index in [2.05, 4.69) is 0 Å². The Morgan fingerprint density at radius 2 is 1.40 bits per heavy atom. The molecule has 0 aromatic carbocycles. The first-order valence-electron chi connectivity index (χ1n) is 0.786. The van der Waals surface area contributed by atoms with Crippen molar-refractivity contribution in [1.29, 1.82) is 0 Å². The predicted molar refractivity (Wildman–Crippen MR) is 17.2 cm³/mol. The van der Waals surface area contributed by atoms with Gasteiger partial charge < -0.3 is 0 Å². The van der Waals surface area contributed by atoms with Crippen LogP contribution in [0.25, 0.3) is 0 Å². The minimum absolute atomic E-state index is 0.778. The first kappa shape index (κ1) is 9.27. The van der Waals surface area contributed by atoms with Crippen LogP contribution >= 0.6 is 11.1 Å². The molecule has 5 heteroatoms. The Balaban J connectivity index is 0. The average molecular weight is 146 g/mol. The molecule has 0 spiro atoms. The van der Waals surface area contributed by atoms with E-state index in [1.165, 1.54) is 0 Å². The summed E-state index contributed by atoms with van der Waals surface area (Å²) in [7, 11) is 0.778. The molecule has 0 aliphatic rings. The first-order valence-corrected chi connectivity index (χ1v) is 5.08. The molecule has 0 saturated carbocycles. The number of hydrogen-bond acceptors (Lipinski definition) is 2. The average Bonchev–Trinajstić information content (AvgIpc) is 1.46. The van der Waals surface area contributed by atoms with Crippen LogP contribution in [0.1, 0.15) is 0 Å². The largest absolute Gasteiger partial charge is 0.181 e. The van der Waals surface area contributed by atoms with E-state index in [1.54, 1.807) is 0 Å². The maximum atomic E-state index is 8.50. The summed E-state index contributed by atoms with van der Waals surface area (Å²) in [6.45, 7) is 0. The quantitative estimate of drug-likeness (QED) is 0.333. The molecule has 2 nitrogen and oxygen atoms in total. The molecule has 0 aromatic heterocycles. The molecule has 30 valence electrons. The van der Waals surface area contributed by atoms with Crippen LogP contribution < -0.4 is 0 Å². The van der Waals surface area contributed by atoms with Crippen molar-refractivity contribution >= 4 is 20.6 Å². The van der Waals surface area contributed by atoms with Gasteiger partial charge in [-0.05, 0) is 0 Å². The number of hydrogen-bond donors (Lipinski definition) is 0. The second-order valence-corrected chi connectivity index (χ2v) is 0.344. The van der Waals surface area contributed by atoms with E-state index in [4.69, 9.17) is 17.7 Å². The summed E-state index contributed by atoms with van der Waals surface area (Å²) in [6, 6.07) is 0. The van der Waals surface area contributed by atoms with Gasteiger partial charge in [0.15, 0.2) is 0 Å². The zero-order chi connectivity index (χ0) is 4.71. The van der Waals surface area contributed by atoms with E-state index in [0.29, 0.717) is 0 Å². The van der Waals surface area contributed by atoms with Gasteiger partial charge in [-0.2, -0.15) is 11.1 Å². The van der Waals surface area contributed by atoms with Crippen LogP contribution in [0.15, 0.2) is 0 Å². The minimum atomic E-state index is -2.00. The molecular formula is H3ClO2SiTi. The molecule has 0 aliphatic carbocycles. The van der Waals surface area contributed by atoms with Crippen molar-refractivity contribution in [3.63, 3.8) is 0 Å². The summed E-state index contributed by atoms with van der Waals surface area (Å²) in [6.07, 6.45) is 0. The molecule has 0 unspecified atom stereocenters. The molecule has 0 heterocycles. The molecule has 5 heavy (non-hydrogen) atoms. The summed E-state index contributed by atoms with van der Waals surface area (Å²) >= 11 is 2.78. The molecular weight excluding hydrogens is 143 g/mol. The Bertz CT molecular complexity index is 30.6. The molecule has 0 fully saturated rings. The van der Waals surface area contributed by atoms with Crippen LogP contribution in [0.2, 0.25) is 0 Å². The number of halogens is 1. The van der Waals surface area contributed by atoms with Crippen LogP contribution in [0.3, 0.4) is 0 Å². The molecule has 0 bridgehead atoms. The molecule has 0 amide bonds. The van der Waals surface area contributed by atoms with Gasteiger partial charge in [0.05, 0.1) is 0 Å². The van der Waals surface area contributed by atoms with Crippen LogP contribution in [0.5, 0.6) is 0 Å². The molecule has 0 saturated heterocycles. The van der Waals surface area contributed by atoms with Gasteiger partial charge in [0.2, 0.25) is 0 Å². The Hall–Kier alpha value is 0.821. The van der Waals surface area contributed by atoms with Gasteiger partial charge >= 0.3 is 25.7 Å². The van der Waals surface area contributed by atoms with E-state index in [0.717, 1.165) is 9.55 Å². The second-order valence-electron chi connectivity index (χ2n) is 0.0833. The minimum Gasteiger partial charge on any atom is -0.181 e. The monoisotopic (exact) mass is 146 g/mol. The summed E-state index contributed by atoms with van der Waals surface area (Å²) < 4.78 is 17.0. The maximum Gasteiger partial charge on any atom is 0.109 e. The smallest absolute Gasteiger partial charge is 0.109 e. The summed E-state index contributed by atoms with van der Waals surface area (Å²) in [5, 5.41) is 0.